The molecule has 0 bridgehead atoms. The van der Waals surface area contributed by atoms with Gasteiger partial charge in [0.15, 0.2) is 0 Å². The molecule has 1 fully saturated rings. The number of rotatable bonds is 5. The first-order chi connectivity index (χ1) is 8.13. The molecule has 1 unspecified atom stereocenters. The number of nitrogens with zero attached hydrogens (tertiary/aromatic N) is 1. The first kappa shape index (κ1) is 14.3. The van der Waals surface area contributed by atoms with E-state index in [0.29, 0.717) is 18.6 Å². The fraction of sp³-hybridized carbons (Fsp3) is 0.923. The monoisotopic (exact) mass is 242 g/mol. The predicted octanol–water partition coefficient (Wildman–Crippen LogP) is 2.24. The lowest BCUT2D eigenvalue weighted by molar-refractivity contribution is 0.0875. The van der Waals surface area contributed by atoms with E-state index in [2.05, 4.69) is 26.1 Å². The van der Waals surface area contributed by atoms with Gasteiger partial charge in [-0.1, -0.05) is 27.2 Å². The Kier molecular flexibility index (Phi) is 6.34. The second kappa shape index (κ2) is 7.54. The topological polar surface area (TPSA) is 41.6 Å². The first-order valence-electron chi connectivity index (χ1n) is 6.78. The van der Waals surface area contributed by atoms with Crippen molar-refractivity contribution in [3.8, 4) is 0 Å². The number of hydrogen-bond acceptors (Lipinski definition) is 3. The predicted molar refractivity (Wildman–Crippen MR) is 69.1 cm³/mol. The van der Waals surface area contributed by atoms with E-state index in [0.717, 1.165) is 38.9 Å². The fourth-order valence-corrected chi connectivity index (χ4v) is 2.11. The molecule has 1 heterocycles. The van der Waals surface area contributed by atoms with Gasteiger partial charge in [-0.3, -0.25) is 0 Å². The Morgan fingerprint density at radius 3 is 2.94 bits per heavy atom. The van der Waals surface area contributed by atoms with Crippen molar-refractivity contribution < 1.29 is 9.53 Å². The summed E-state index contributed by atoms with van der Waals surface area (Å²) in [6.07, 6.45) is 2.98. The smallest absolute Gasteiger partial charge is 0.409 e. The van der Waals surface area contributed by atoms with Gasteiger partial charge in [0.05, 0.1) is 6.61 Å². The van der Waals surface area contributed by atoms with Crippen molar-refractivity contribution in [2.75, 3.05) is 26.2 Å². The quantitative estimate of drug-likeness (QED) is 0.752. The van der Waals surface area contributed by atoms with E-state index >= 15 is 0 Å². The van der Waals surface area contributed by atoms with Crippen LogP contribution in [-0.2, 0) is 4.74 Å². The van der Waals surface area contributed by atoms with Crippen molar-refractivity contribution >= 4 is 6.09 Å². The van der Waals surface area contributed by atoms with E-state index in [1.807, 2.05) is 4.90 Å². The molecule has 1 aliphatic rings. The Bertz CT molecular complexity index is 231. The minimum Gasteiger partial charge on any atom is -0.449 e. The summed E-state index contributed by atoms with van der Waals surface area (Å²) in [5.41, 5.74) is 0. The van der Waals surface area contributed by atoms with Gasteiger partial charge in [0.25, 0.3) is 0 Å². The normalized spacial score (nSPS) is 20.7. The van der Waals surface area contributed by atoms with Crippen molar-refractivity contribution in [1.82, 2.24) is 10.2 Å². The molecule has 0 aromatic rings. The fourth-order valence-electron chi connectivity index (χ4n) is 2.11. The molecule has 1 amide bonds. The van der Waals surface area contributed by atoms with Gasteiger partial charge in [-0.05, 0) is 18.8 Å². The maximum Gasteiger partial charge on any atom is 0.409 e. The summed E-state index contributed by atoms with van der Waals surface area (Å²) in [5.74, 6) is 0.656. The van der Waals surface area contributed by atoms with E-state index in [4.69, 9.17) is 4.74 Å². The summed E-state index contributed by atoms with van der Waals surface area (Å²) in [4.78, 5) is 13.6. The van der Waals surface area contributed by atoms with Crippen LogP contribution in [0.2, 0.25) is 0 Å². The zero-order valence-electron chi connectivity index (χ0n) is 11.4. The number of carbonyl (C=O) groups excluding carboxylic acids is 1. The van der Waals surface area contributed by atoms with Crippen LogP contribution >= 0.6 is 0 Å². The summed E-state index contributed by atoms with van der Waals surface area (Å²) in [7, 11) is 0. The maximum absolute atomic E-state index is 11.8. The Morgan fingerprint density at radius 2 is 2.29 bits per heavy atom. The van der Waals surface area contributed by atoms with Gasteiger partial charge >= 0.3 is 6.09 Å². The van der Waals surface area contributed by atoms with Crippen LogP contribution in [0.3, 0.4) is 0 Å². The van der Waals surface area contributed by atoms with E-state index in [1.165, 1.54) is 0 Å². The lowest BCUT2D eigenvalue weighted by atomic mass is 10.0. The molecule has 100 valence electrons. The van der Waals surface area contributed by atoms with E-state index < -0.39 is 0 Å². The van der Waals surface area contributed by atoms with Crippen molar-refractivity contribution in [3.63, 3.8) is 0 Å². The molecule has 1 rings (SSSR count). The molecule has 0 saturated carbocycles. The van der Waals surface area contributed by atoms with Crippen LogP contribution < -0.4 is 5.32 Å². The highest BCUT2D eigenvalue weighted by Crippen LogP contribution is 2.10. The first-order valence-corrected chi connectivity index (χ1v) is 6.78. The SMILES string of the molecule is CCCCOC(=O)N1CCNC(CC(C)C)C1. The number of piperazine rings is 1. The second-order valence-electron chi connectivity index (χ2n) is 5.19. The highest BCUT2D eigenvalue weighted by atomic mass is 16.6. The van der Waals surface area contributed by atoms with Gasteiger partial charge in [-0.25, -0.2) is 4.79 Å². The van der Waals surface area contributed by atoms with Crippen LogP contribution in [0.5, 0.6) is 0 Å². The Hall–Kier alpha value is -0.770. The van der Waals surface area contributed by atoms with E-state index in [1.54, 1.807) is 0 Å². The van der Waals surface area contributed by atoms with Gasteiger partial charge < -0.3 is 15.0 Å². The third-order valence-electron chi connectivity index (χ3n) is 2.99. The Balaban J connectivity index is 2.30. The molecule has 17 heavy (non-hydrogen) atoms. The maximum atomic E-state index is 11.8. The van der Waals surface area contributed by atoms with Crippen LogP contribution in [0.4, 0.5) is 4.79 Å². The molecule has 1 saturated heterocycles. The molecule has 1 atom stereocenters. The third kappa shape index (κ3) is 5.39. The largest absolute Gasteiger partial charge is 0.449 e. The van der Waals surface area contributed by atoms with E-state index in [9.17, 15) is 4.79 Å². The van der Waals surface area contributed by atoms with Crippen LogP contribution in [0.1, 0.15) is 40.0 Å². The Morgan fingerprint density at radius 1 is 1.53 bits per heavy atom. The standard InChI is InChI=1S/C13H26N2O2/c1-4-5-8-17-13(16)15-7-6-14-12(10-15)9-11(2)3/h11-12,14H,4-10H2,1-3H3. The van der Waals surface area contributed by atoms with Crippen LogP contribution in [0, 0.1) is 5.92 Å². The van der Waals surface area contributed by atoms with E-state index in [-0.39, 0.29) is 6.09 Å². The summed E-state index contributed by atoms with van der Waals surface area (Å²) in [6, 6.07) is 0.419. The zero-order valence-corrected chi connectivity index (χ0v) is 11.4. The van der Waals surface area contributed by atoms with Crippen molar-refractivity contribution in [2.24, 2.45) is 5.92 Å². The molecular formula is C13H26N2O2. The van der Waals surface area contributed by atoms with Gasteiger partial charge in [0, 0.05) is 25.7 Å². The zero-order chi connectivity index (χ0) is 12.7. The Labute approximate surface area is 105 Å². The van der Waals surface area contributed by atoms with Crippen LogP contribution in [-0.4, -0.2) is 43.3 Å². The number of carbonyl (C=O) groups is 1. The van der Waals surface area contributed by atoms with Gasteiger partial charge in [-0.15, -0.1) is 0 Å². The average Bonchev–Trinajstić information content (AvgIpc) is 2.28. The number of hydrogen-bond donors (Lipinski definition) is 1. The molecule has 4 nitrogen and oxygen atoms in total. The van der Waals surface area contributed by atoms with Crippen molar-refractivity contribution in [2.45, 2.75) is 46.1 Å². The van der Waals surface area contributed by atoms with Gasteiger partial charge in [0.1, 0.15) is 0 Å². The highest BCUT2D eigenvalue weighted by Gasteiger charge is 2.24. The number of nitrogens with one attached hydrogen (secondary N) is 1. The lowest BCUT2D eigenvalue weighted by Gasteiger charge is -2.33. The molecule has 0 radical (unpaired) electrons. The molecule has 0 aromatic heterocycles. The molecule has 0 spiro atoms. The van der Waals surface area contributed by atoms with Crippen molar-refractivity contribution in [1.29, 1.82) is 0 Å². The molecule has 1 aliphatic heterocycles. The van der Waals surface area contributed by atoms with Crippen molar-refractivity contribution in [3.05, 3.63) is 0 Å². The molecule has 0 aliphatic carbocycles. The average molecular weight is 242 g/mol. The summed E-state index contributed by atoms with van der Waals surface area (Å²) >= 11 is 0. The second-order valence-corrected chi connectivity index (χ2v) is 5.19. The molecular weight excluding hydrogens is 216 g/mol. The third-order valence-corrected chi connectivity index (χ3v) is 2.99. The summed E-state index contributed by atoms with van der Waals surface area (Å²) in [6.45, 7) is 9.48. The minimum atomic E-state index is -0.145. The van der Waals surface area contributed by atoms with Gasteiger partial charge in [-0.2, -0.15) is 0 Å². The number of unbranched alkanes of at least 4 members (excludes halogenated alkanes) is 1. The van der Waals surface area contributed by atoms with Crippen LogP contribution in [0.15, 0.2) is 0 Å². The minimum absolute atomic E-state index is 0.145. The lowest BCUT2D eigenvalue weighted by Crippen LogP contribution is -2.53. The molecule has 1 N–H and O–H groups in total. The van der Waals surface area contributed by atoms with Gasteiger partial charge in [0.2, 0.25) is 0 Å². The highest BCUT2D eigenvalue weighted by molar-refractivity contribution is 5.67. The summed E-state index contributed by atoms with van der Waals surface area (Å²) < 4.78 is 5.23. The summed E-state index contributed by atoms with van der Waals surface area (Å²) in [5, 5.41) is 3.45. The molecule has 0 aromatic carbocycles. The van der Waals surface area contributed by atoms with Crippen LogP contribution in [0.25, 0.3) is 0 Å². The number of ether oxygens (including phenoxy) is 1. The molecule has 4 heteroatoms. The number of amides is 1.